The molecule has 0 saturated heterocycles. The van der Waals surface area contributed by atoms with Gasteiger partial charge < -0.3 is 5.73 Å². The van der Waals surface area contributed by atoms with Gasteiger partial charge in [0.15, 0.2) is 0 Å². The Bertz CT molecular complexity index is 694. The Morgan fingerprint density at radius 3 is 2.54 bits per heavy atom. The molecule has 2 heterocycles. The Morgan fingerprint density at radius 1 is 1.12 bits per heavy atom. The topological polar surface area (TPSA) is 67.4 Å². The lowest BCUT2D eigenvalue weighted by atomic mass is 10.2. The zero-order chi connectivity index (χ0) is 17.2. The highest BCUT2D eigenvalue weighted by molar-refractivity contribution is 5.30. The van der Waals surface area contributed by atoms with Crippen LogP contribution in [0.5, 0.6) is 0 Å². The number of allylic oxidation sites excluding steroid dienone is 2. The summed E-state index contributed by atoms with van der Waals surface area (Å²) in [5.74, 6) is 0. The molecule has 2 N–H and O–H groups in total. The van der Waals surface area contributed by atoms with Crippen LogP contribution in [0.4, 0.5) is 0 Å². The van der Waals surface area contributed by atoms with Gasteiger partial charge in [-0.05, 0) is 37.1 Å². The number of hydrogen-bond donors (Lipinski definition) is 1. The van der Waals surface area contributed by atoms with Crippen molar-refractivity contribution in [2.75, 3.05) is 6.54 Å². The van der Waals surface area contributed by atoms with Crippen molar-refractivity contribution >= 4 is 6.72 Å². The molecule has 2 aromatic heterocycles. The zero-order valence-corrected chi connectivity index (χ0v) is 13.8. The van der Waals surface area contributed by atoms with Crippen molar-refractivity contribution in [1.29, 1.82) is 0 Å². The van der Waals surface area contributed by atoms with Gasteiger partial charge in [-0.3, -0.25) is 19.9 Å². The minimum atomic E-state index is 0.434. The summed E-state index contributed by atoms with van der Waals surface area (Å²) in [6.07, 6.45) is 5.38. The highest BCUT2D eigenvalue weighted by Gasteiger charge is 2.11. The number of aromatic nitrogens is 2. The smallest absolute Gasteiger partial charge is 0.0548 e. The van der Waals surface area contributed by atoms with Crippen LogP contribution in [0.2, 0.25) is 0 Å². The van der Waals surface area contributed by atoms with Crippen LogP contribution < -0.4 is 5.73 Å². The van der Waals surface area contributed by atoms with E-state index in [1.54, 1.807) is 12.3 Å². The van der Waals surface area contributed by atoms with E-state index in [2.05, 4.69) is 33.2 Å². The summed E-state index contributed by atoms with van der Waals surface area (Å²) in [5.41, 5.74) is 9.39. The van der Waals surface area contributed by atoms with Crippen LogP contribution in [0.1, 0.15) is 17.1 Å². The first-order valence-corrected chi connectivity index (χ1v) is 7.80. The molecule has 0 aliphatic rings. The van der Waals surface area contributed by atoms with E-state index in [1.807, 2.05) is 42.5 Å². The summed E-state index contributed by atoms with van der Waals surface area (Å²) >= 11 is 0. The first-order chi connectivity index (χ1) is 11.7. The van der Waals surface area contributed by atoms with Gasteiger partial charge in [-0.1, -0.05) is 24.8 Å². The van der Waals surface area contributed by atoms with E-state index in [9.17, 15) is 0 Å². The minimum absolute atomic E-state index is 0.434. The third-order valence-corrected chi connectivity index (χ3v) is 3.47. The summed E-state index contributed by atoms with van der Waals surface area (Å²) in [6.45, 7) is 9.80. The number of nitrogens with two attached hydrogens (primary N) is 1. The van der Waals surface area contributed by atoms with Gasteiger partial charge in [-0.25, -0.2) is 0 Å². The third kappa shape index (κ3) is 5.53. The van der Waals surface area contributed by atoms with Gasteiger partial charge >= 0.3 is 0 Å². The Kier molecular flexibility index (Phi) is 7.01. The fourth-order valence-corrected chi connectivity index (χ4v) is 2.37. The normalized spacial score (nSPS) is 11.5. The van der Waals surface area contributed by atoms with Gasteiger partial charge in [0, 0.05) is 32.4 Å². The van der Waals surface area contributed by atoms with E-state index in [0.717, 1.165) is 22.8 Å². The number of hydrogen-bond acceptors (Lipinski definition) is 5. The zero-order valence-electron chi connectivity index (χ0n) is 13.8. The fraction of sp³-hybridized carbons (Fsp3) is 0.211. The molecule has 5 nitrogen and oxygen atoms in total. The number of nitrogens with zero attached hydrogens (tertiary/aromatic N) is 4. The Labute approximate surface area is 143 Å². The molecule has 2 aromatic rings. The van der Waals surface area contributed by atoms with Crippen LogP contribution in [0.15, 0.2) is 72.0 Å². The summed E-state index contributed by atoms with van der Waals surface area (Å²) in [5, 5.41) is 0. The number of aliphatic imine (C=N–C) groups is 1. The number of rotatable bonds is 9. The number of pyridine rings is 2. The fourth-order valence-electron chi connectivity index (χ4n) is 2.37. The molecule has 0 aliphatic heterocycles. The average molecular weight is 321 g/mol. The van der Waals surface area contributed by atoms with E-state index in [1.165, 1.54) is 0 Å². The van der Waals surface area contributed by atoms with Gasteiger partial charge in [-0.15, -0.1) is 0 Å². The van der Waals surface area contributed by atoms with Gasteiger partial charge in [0.05, 0.1) is 22.8 Å². The lowest BCUT2D eigenvalue weighted by molar-refractivity contribution is 0.272. The first kappa shape index (κ1) is 17.7. The van der Waals surface area contributed by atoms with Gasteiger partial charge in [0.25, 0.3) is 0 Å². The minimum Gasteiger partial charge on any atom is -0.325 e. The Morgan fingerprint density at radius 2 is 1.88 bits per heavy atom. The van der Waals surface area contributed by atoms with Crippen molar-refractivity contribution in [3.63, 3.8) is 0 Å². The van der Waals surface area contributed by atoms with Gasteiger partial charge in [0.1, 0.15) is 0 Å². The monoisotopic (exact) mass is 321 g/mol. The molecule has 0 fully saturated rings. The molecule has 0 aromatic carbocycles. The summed E-state index contributed by atoms with van der Waals surface area (Å²) < 4.78 is 0. The second kappa shape index (κ2) is 9.50. The molecule has 0 aliphatic carbocycles. The maximum atomic E-state index is 5.69. The molecule has 0 unspecified atom stereocenters. The van der Waals surface area contributed by atoms with E-state index >= 15 is 0 Å². The summed E-state index contributed by atoms with van der Waals surface area (Å²) in [6, 6.07) is 11.8. The summed E-state index contributed by atoms with van der Waals surface area (Å²) in [4.78, 5) is 15.3. The molecule has 0 saturated carbocycles. The van der Waals surface area contributed by atoms with Crippen molar-refractivity contribution in [3.05, 3.63) is 84.1 Å². The van der Waals surface area contributed by atoms with Crippen LogP contribution in [0.25, 0.3) is 0 Å². The van der Waals surface area contributed by atoms with E-state index in [-0.39, 0.29) is 0 Å². The van der Waals surface area contributed by atoms with Crippen LogP contribution in [0, 0.1) is 0 Å². The van der Waals surface area contributed by atoms with E-state index < -0.39 is 0 Å². The van der Waals surface area contributed by atoms with Gasteiger partial charge in [-0.2, -0.15) is 0 Å². The lowest BCUT2D eigenvalue weighted by Gasteiger charge is -2.22. The lowest BCUT2D eigenvalue weighted by Crippen LogP contribution is -2.26. The molecule has 0 atom stereocenters. The maximum Gasteiger partial charge on any atom is 0.0548 e. The Balaban J connectivity index is 2.18. The molecule has 2 rings (SSSR count). The third-order valence-electron chi connectivity index (χ3n) is 3.47. The molecule has 124 valence electrons. The second-order valence-corrected chi connectivity index (χ2v) is 5.34. The van der Waals surface area contributed by atoms with Crippen LogP contribution in [0.3, 0.4) is 0 Å². The average Bonchev–Trinajstić information content (AvgIpc) is 2.62. The highest BCUT2D eigenvalue weighted by atomic mass is 15.1. The Hall–Kier alpha value is -2.63. The maximum absolute atomic E-state index is 5.69. The first-order valence-electron chi connectivity index (χ1n) is 7.80. The van der Waals surface area contributed by atoms with Crippen molar-refractivity contribution in [2.45, 2.75) is 19.6 Å². The van der Waals surface area contributed by atoms with Crippen molar-refractivity contribution in [3.8, 4) is 0 Å². The van der Waals surface area contributed by atoms with Crippen molar-refractivity contribution in [1.82, 2.24) is 14.9 Å². The van der Waals surface area contributed by atoms with E-state index in [0.29, 0.717) is 26.2 Å². The predicted molar refractivity (Wildman–Crippen MR) is 98.3 cm³/mol. The molecule has 5 heteroatoms. The molecule has 0 amide bonds. The predicted octanol–water partition coefficient (Wildman–Crippen LogP) is 2.71. The van der Waals surface area contributed by atoms with Gasteiger partial charge in [0.2, 0.25) is 0 Å². The van der Waals surface area contributed by atoms with Crippen LogP contribution in [-0.4, -0.2) is 28.1 Å². The van der Waals surface area contributed by atoms with Crippen molar-refractivity contribution < 1.29 is 0 Å². The summed E-state index contributed by atoms with van der Waals surface area (Å²) in [7, 11) is 0. The largest absolute Gasteiger partial charge is 0.325 e. The van der Waals surface area contributed by atoms with Crippen molar-refractivity contribution in [2.24, 2.45) is 10.7 Å². The standard InChI is InChI=1S/C19H23N5/c1-3-7-17(21-2)13-24(14-18-8-4-5-11-22-18)15-19-10-6-9-16(12-20)23-19/h3-11H,1-2,12-15,20H2/b17-7-. The van der Waals surface area contributed by atoms with Crippen LogP contribution in [-0.2, 0) is 19.6 Å². The SMILES string of the molecule is C=C/C=C(/CN(Cc1ccccn1)Cc1cccc(CN)n1)N=C. The molecule has 0 bridgehead atoms. The molecular formula is C19H23N5. The highest BCUT2D eigenvalue weighted by Crippen LogP contribution is 2.11. The molecule has 24 heavy (non-hydrogen) atoms. The molecule has 0 spiro atoms. The van der Waals surface area contributed by atoms with Crippen LogP contribution >= 0.6 is 0 Å². The molecule has 0 radical (unpaired) electrons. The quantitative estimate of drug-likeness (QED) is 0.569. The second-order valence-electron chi connectivity index (χ2n) is 5.34. The van der Waals surface area contributed by atoms with E-state index in [4.69, 9.17) is 5.73 Å². The molecular weight excluding hydrogens is 298 g/mol.